The van der Waals surface area contributed by atoms with Gasteiger partial charge in [0.2, 0.25) is 0 Å². The van der Waals surface area contributed by atoms with Crippen molar-refractivity contribution in [2.24, 2.45) is 12.8 Å². The molecule has 90 valence electrons. The van der Waals surface area contributed by atoms with Gasteiger partial charge in [0.05, 0.1) is 11.7 Å². The van der Waals surface area contributed by atoms with E-state index < -0.39 is 0 Å². The smallest absolute Gasteiger partial charge is 0.0800 e. The number of nitrogens with zero attached hydrogens (tertiary/aromatic N) is 2. The zero-order valence-electron chi connectivity index (χ0n) is 10.6. The number of aromatic nitrogens is 2. The molecule has 0 aliphatic heterocycles. The quantitative estimate of drug-likeness (QED) is 0.878. The van der Waals surface area contributed by atoms with E-state index in [9.17, 15) is 0 Å². The van der Waals surface area contributed by atoms with Gasteiger partial charge in [-0.05, 0) is 11.6 Å². The van der Waals surface area contributed by atoms with E-state index in [2.05, 4.69) is 31.1 Å². The number of rotatable bonds is 3. The summed E-state index contributed by atoms with van der Waals surface area (Å²) >= 11 is 0. The van der Waals surface area contributed by atoms with Crippen LogP contribution in [0, 0.1) is 0 Å². The minimum atomic E-state index is -0.129. The molecule has 17 heavy (non-hydrogen) atoms. The zero-order chi connectivity index (χ0) is 12.5. The van der Waals surface area contributed by atoms with E-state index in [-0.39, 0.29) is 11.5 Å². The van der Waals surface area contributed by atoms with Gasteiger partial charge in [0.15, 0.2) is 0 Å². The van der Waals surface area contributed by atoms with Crippen LogP contribution in [0.2, 0.25) is 0 Å². The Bertz CT molecular complexity index is 485. The van der Waals surface area contributed by atoms with Gasteiger partial charge in [-0.15, -0.1) is 0 Å². The Kier molecular flexibility index (Phi) is 3.03. The fourth-order valence-electron chi connectivity index (χ4n) is 2.02. The molecule has 0 saturated carbocycles. The maximum atomic E-state index is 6.34. The summed E-state index contributed by atoms with van der Waals surface area (Å²) < 4.78 is 1.79. The van der Waals surface area contributed by atoms with Crippen molar-refractivity contribution in [2.45, 2.75) is 25.3 Å². The molecule has 2 N–H and O–H groups in total. The van der Waals surface area contributed by atoms with Crippen molar-refractivity contribution in [1.29, 1.82) is 0 Å². The molecule has 0 spiro atoms. The lowest BCUT2D eigenvalue weighted by molar-refractivity contribution is 0.410. The lowest BCUT2D eigenvalue weighted by atomic mass is 9.77. The molecule has 0 radical (unpaired) electrons. The molecule has 0 bridgehead atoms. The van der Waals surface area contributed by atoms with E-state index in [0.717, 1.165) is 5.69 Å². The van der Waals surface area contributed by atoms with Crippen LogP contribution >= 0.6 is 0 Å². The average Bonchev–Trinajstić information content (AvgIpc) is 2.76. The molecule has 2 rings (SSSR count). The molecular weight excluding hydrogens is 210 g/mol. The van der Waals surface area contributed by atoms with Crippen LogP contribution in [0.5, 0.6) is 0 Å². The molecular formula is C14H19N3. The van der Waals surface area contributed by atoms with Crippen LogP contribution in [0.3, 0.4) is 0 Å². The summed E-state index contributed by atoms with van der Waals surface area (Å²) in [5, 5.41) is 4.39. The van der Waals surface area contributed by atoms with Gasteiger partial charge in [0, 0.05) is 18.7 Å². The topological polar surface area (TPSA) is 43.8 Å². The molecule has 0 aliphatic rings. The van der Waals surface area contributed by atoms with Crippen LogP contribution in [0.15, 0.2) is 42.6 Å². The fraction of sp³-hybridized carbons (Fsp3) is 0.357. The van der Waals surface area contributed by atoms with Gasteiger partial charge in [-0.2, -0.15) is 5.10 Å². The van der Waals surface area contributed by atoms with Crippen molar-refractivity contribution >= 4 is 0 Å². The summed E-state index contributed by atoms with van der Waals surface area (Å²) in [6, 6.07) is 12.2. The van der Waals surface area contributed by atoms with Crippen molar-refractivity contribution < 1.29 is 0 Å². The van der Waals surface area contributed by atoms with Crippen molar-refractivity contribution in [3.63, 3.8) is 0 Å². The van der Waals surface area contributed by atoms with Gasteiger partial charge >= 0.3 is 0 Å². The third-order valence-electron chi connectivity index (χ3n) is 3.35. The first-order valence-electron chi connectivity index (χ1n) is 5.82. The summed E-state index contributed by atoms with van der Waals surface area (Å²) in [5.41, 5.74) is 8.38. The summed E-state index contributed by atoms with van der Waals surface area (Å²) in [5.74, 6) is 0. The Morgan fingerprint density at radius 1 is 1.18 bits per heavy atom. The van der Waals surface area contributed by atoms with Crippen molar-refractivity contribution in [3.8, 4) is 0 Å². The standard InChI is InChI=1S/C14H19N3/c1-14(2,11-7-5-4-6-8-11)13(15)12-9-10-17(3)16-12/h4-10,13H,15H2,1-3H3. The molecule has 1 unspecified atom stereocenters. The fourth-order valence-corrected chi connectivity index (χ4v) is 2.02. The van der Waals surface area contributed by atoms with Gasteiger partial charge in [-0.3, -0.25) is 4.68 Å². The van der Waals surface area contributed by atoms with Gasteiger partial charge in [0.1, 0.15) is 0 Å². The SMILES string of the molecule is Cn1ccc(C(N)C(C)(C)c2ccccc2)n1. The molecule has 3 heteroatoms. The first-order chi connectivity index (χ1) is 8.01. The lowest BCUT2D eigenvalue weighted by Crippen LogP contribution is -2.33. The van der Waals surface area contributed by atoms with Gasteiger partial charge in [-0.1, -0.05) is 44.2 Å². The van der Waals surface area contributed by atoms with E-state index >= 15 is 0 Å². The number of nitrogens with two attached hydrogens (primary N) is 1. The Balaban J connectivity index is 2.33. The van der Waals surface area contributed by atoms with Gasteiger partial charge in [-0.25, -0.2) is 0 Å². The normalized spacial score (nSPS) is 13.6. The first-order valence-corrected chi connectivity index (χ1v) is 5.82. The van der Waals surface area contributed by atoms with Crippen LogP contribution in [0.1, 0.15) is 31.1 Å². The predicted molar refractivity (Wildman–Crippen MR) is 69.6 cm³/mol. The van der Waals surface area contributed by atoms with E-state index in [1.807, 2.05) is 37.5 Å². The zero-order valence-corrected chi connectivity index (χ0v) is 10.6. The third-order valence-corrected chi connectivity index (χ3v) is 3.35. The second kappa shape index (κ2) is 4.34. The molecule has 2 aromatic rings. The number of hydrogen-bond acceptors (Lipinski definition) is 2. The molecule has 0 saturated heterocycles. The molecule has 1 heterocycles. The van der Waals surface area contributed by atoms with E-state index in [1.54, 1.807) is 4.68 Å². The van der Waals surface area contributed by atoms with E-state index in [4.69, 9.17) is 5.73 Å². The molecule has 0 aliphatic carbocycles. The second-order valence-electron chi connectivity index (χ2n) is 4.98. The Morgan fingerprint density at radius 3 is 2.35 bits per heavy atom. The molecule has 1 atom stereocenters. The highest BCUT2D eigenvalue weighted by atomic mass is 15.3. The van der Waals surface area contributed by atoms with Gasteiger partial charge < -0.3 is 5.73 Å². The van der Waals surface area contributed by atoms with Crippen LogP contribution in [-0.2, 0) is 12.5 Å². The summed E-state index contributed by atoms with van der Waals surface area (Å²) in [6.45, 7) is 4.31. The first kappa shape index (κ1) is 11.9. The summed E-state index contributed by atoms with van der Waals surface area (Å²) in [6.07, 6.45) is 1.93. The maximum absolute atomic E-state index is 6.34. The highest BCUT2D eigenvalue weighted by Crippen LogP contribution is 2.34. The summed E-state index contributed by atoms with van der Waals surface area (Å²) in [7, 11) is 1.91. The Morgan fingerprint density at radius 2 is 1.82 bits per heavy atom. The van der Waals surface area contributed by atoms with Crippen molar-refractivity contribution in [2.75, 3.05) is 0 Å². The minimum Gasteiger partial charge on any atom is -0.322 e. The molecule has 1 aromatic heterocycles. The highest BCUT2D eigenvalue weighted by Gasteiger charge is 2.30. The molecule has 0 fully saturated rings. The lowest BCUT2D eigenvalue weighted by Gasteiger charge is -2.31. The molecule has 0 amide bonds. The number of aryl methyl sites for hydroxylation is 1. The predicted octanol–water partition coefficient (Wildman–Crippen LogP) is 2.40. The largest absolute Gasteiger partial charge is 0.322 e. The van der Waals surface area contributed by atoms with Crippen LogP contribution < -0.4 is 5.73 Å². The number of hydrogen-bond donors (Lipinski definition) is 1. The Labute approximate surface area is 102 Å². The van der Waals surface area contributed by atoms with Crippen LogP contribution in [0.25, 0.3) is 0 Å². The summed E-state index contributed by atoms with van der Waals surface area (Å²) in [4.78, 5) is 0. The van der Waals surface area contributed by atoms with Crippen molar-refractivity contribution in [3.05, 3.63) is 53.9 Å². The number of benzene rings is 1. The van der Waals surface area contributed by atoms with E-state index in [1.165, 1.54) is 5.56 Å². The van der Waals surface area contributed by atoms with Gasteiger partial charge in [0.25, 0.3) is 0 Å². The minimum absolute atomic E-state index is 0.105. The van der Waals surface area contributed by atoms with Crippen LogP contribution in [-0.4, -0.2) is 9.78 Å². The Hall–Kier alpha value is -1.61. The second-order valence-corrected chi connectivity index (χ2v) is 4.98. The van der Waals surface area contributed by atoms with Crippen molar-refractivity contribution in [1.82, 2.24) is 9.78 Å². The van der Waals surface area contributed by atoms with E-state index in [0.29, 0.717) is 0 Å². The highest BCUT2D eigenvalue weighted by molar-refractivity contribution is 5.28. The third kappa shape index (κ3) is 2.24. The van der Waals surface area contributed by atoms with Crippen LogP contribution in [0.4, 0.5) is 0 Å². The maximum Gasteiger partial charge on any atom is 0.0800 e. The monoisotopic (exact) mass is 229 g/mol. The average molecular weight is 229 g/mol. The molecule has 1 aromatic carbocycles. The molecule has 3 nitrogen and oxygen atoms in total.